The van der Waals surface area contributed by atoms with Crippen LogP contribution in [0.15, 0.2) is 67.0 Å². The molecule has 2 heterocycles. The van der Waals surface area contributed by atoms with Crippen molar-refractivity contribution in [2.75, 3.05) is 14.1 Å². The predicted molar refractivity (Wildman–Crippen MR) is 169 cm³/mol. The van der Waals surface area contributed by atoms with Crippen LogP contribution in [0.1, 0.15) is 61.3 Å². The molecule has 2 aromatic carbocycles. The summed E-state index contributed by atoms with van der Waals surface area (Å²) in [7, 11) is 4.45. The number of carboxylic acid groups (broad SMARTS) is 3. The van der Waals surface area contributed by atoms with E-state index in [4.69, 9.17) is 20.4 Å². The van der Waals surface area contributed by atoms with E-state index in [0.29, 0.717) is 5.92 Å². The van der Waals surface area contributed by atoms with Gasteiger partial charge in [0.05, 0.1) is 12.8 Å². The first-order valence-corrected chi connectivity index (χ1v) is 15.2. The smallest absolute Gasteiger partial charge is 0.336 e. The number of rotatable bonds is 12. The van der Waals surface area contributed by atoms with Crippen LogP contribution in [-0.2, 0) is 33.8 Å². The van der Waals surface area contributed by atoms with Crippen LogP contribution in [0.2, 0.25) is 0 Å². The summed E-state index contributed by atoms with van der Waals surface area (Å²) in [6.07, 6.45) is 8.02. The predicted octanol–water partition coefficient (Wildman–Crippen LogP) is 4.70. The van der Waals surface area contributed by atoms with Crippen molar-refractivity contribution in [3.8, 4) is 0 Å². The highest BCUT2D eigenvalue weighted by Crippen LogP contribution is 2.44. The van der Waals surface area contributed by atoms with Crippen molar-refractivity contribution in [2.45, 2.75) is 75.0 Å². The Morgan fingerprint density at radius 2 is 1.67 bits per heavy atom. The Morgan fingerprint density at radius 3 is 2.22 bits per heavy atom. The number of carboxylic acids is 3. The molecule has 1 aliphatic carbocycles. The molecule has 0 spiro atoms. The first-order valence-electron chi connectivity index (χ1n) is 15.2. The van der Waals surface area contributed by atoms with E-state index in [-0.39, 0.29) is 11.4 Å². The first-order chi connectivity index (χ1) is 21.8. The van der Waals surface area contributed by atoms with Gasteiger partial charge < -0.3 is 30.3 Å². The van der Waals surface area contributed by atoms with Crippen LogP contribution in [-0.4, -0.2) is 83.2 Å². The first kappa shape index (κ1) is 34.3. The molecule has 1 fully saturated rings. The van der Waals surface area contributed by atoms with Gasteiger partial charge >= 0.3 is 17.9 Å². The van der Waals surface area contributed by atoms with E-state index >= 15 is 0 Å². The third-order valence-corrected chi connectivity index (χ3v) is 8.99. The number of benzene rings is 2. The van der Waals surface area contributed by atoms with Crippen molar-refractivity contribution in [3.05, 3.63) is 89.6 Å². The van der Waals surface area contributed by atoms with Gasteiger partial charge in [0.15, 0.2) is 5.60 Å². The van der Waals surface area contributed by atoms with Crippen LogP contribution >= 0.6 is 0 Å². The summed E-state index contributed by atoms with van der Waals surface area (Å²) in [6, 6.07) is 17.9. The second kappa shape index (κ2) is 14.7. The standard InChI is InChI=1S/C28H33FN4.C6H8O7/c1-32(2)28(20-21-7-4-3-5-8-21)14-11-22(12-15-28)27-24(13-18-33-17-6-16-30-33)25-19-23(29)9-10-26(25)31-27;7-3(8)1-6(13,5(11)12)2-4(9)10/h3-10,16-17,19,22,31H,11-15,18,20H2,1-2H3;13H,1-2H2,(H,7,8)(H,9,10)(H,11,12). The number of hydrogen-bond donors (Lipinski definition) is 5. The number of nitrogens with one attached hydrogen (secondary N) is 1. The van der Waals surface area contributed by atoms with E-state index in [9.17, 15) is 18.8 Å². The molecule has 246 valence electrons. The van der Waals surface area contributed by atoms with Gasteiger partial charge in [-0.2, -0.15) is 5.10 Å². The Kier molecular flexibility index (Phi) is 11.0. The SMILES string of the molecule is CN(C)C1(Cc2ccccc2)CCC(c2[nH]c3ccc(F)cc3c2CCn2cccn2)CC1.O=C(O)CC(O)(CC(=O)O)C(=O)O. The number of fused-ring (bicyclic) bond motifs is 1. The van der Waals surface area contributed by atoms with Gasteiger partial charge in [-0.15, -0.1) is 0 Å². The summed E-state index contributed by atoms with van der Waals surface area (Å²) in [5.74, 6) is -4.72. The highest BCUT2D eigenvalue weighted by Gasteiger charge is 2.41. The monoisotopic (exact) mass is 636 g/mol. The minimum atomic E-state index is -2.74. The molecule has 5 rings (SSSR count). The van der Waals surface area contributed by atoms with Crippen LogP contribution < -0.4 is 0 Å². The molecule has 5 N–H and O–H groups in total. The maximum atomic E-state index is 14.1. The summed E-state index contributed by atoms with van der Waals surface area (Å²) in [4.78, 5) is 36.6. The van der Waals surface area contributed by atoms with E-state index in [1.807, 2.05) is 29.2 Å². The normalized spacial score (nSPS) is 18.2. The zero-order valence-corrected chi connectivity index (χ0v) is 26.0. The van der Waals surface area contributed by atoms with Gasteiger partial charge in [0, 0.05) is 41.1 Å². The molecule has 1 aliphatic rings. The van der Waals surface area contributed by atoms with Crippen LogP contribution in [0.3, 0.4) is 0 Å². The molecule has 12 heteroatoms. The minimum Gasteiger partial charge on any atom is -0.481 e. The fourth-order valence-electron chi connectivity index (χ4n) is 6.43. The van der Waals surface area contributed by atoms with Gasteiger partial charge in [0.2, 0.25) is 0 Å². The molecule has 0 saturated heterocycles. The molecule has 2 aromatic heterocycles. The molecule has 46 heavy (non-hydrogen) atoms. The molecule has 11 nitrogen and oxygen atoms in total. The number of aliphatic hydroxyl groups is 1. The number of aromatic nitrogens is 3. The van der Waals surface area contributed by atoms with Crippen LogP contribution in [0, 0.1) is 5.82 Å². The molecular formula is C34H41FN4O7. The second-order valence-corrected chi connectivity index (χ2v) is 12.3. The highest BCUT2D eigenvalue weighted by atomic mass is 19.1. The lowest BCUT2D eigenvalue weighted by Gasteiger charge is -2.45. The van der Waals surface area contributed by atoms with Crippen molar-refractivity contribution in [1.29, 1.82) is 0 Å². The number of halogens is 1. The van der Waals surface area contributed by atoms with Gasteiger partial charge in [-0.05, 0) is 93.9 Å². The Morgan fingerprint density at radius 1 is 1.02 bits per heavy atom. The van der Waals surface area contributed by atoms with Crippen LogP contribution in [0.25, 0.3) is 10.9 Å². The molecule has 0 bridgehead atoms. The Balaban J connectivity index is 0.000000315. The minimum absolute atomic E-state index is 0.175. The van der Waals surface area contributed by atoms with Crippen molar-refractivity contribution in [3.63, 3.8) is 0 Å². The Bertz CT molecular complexity index is 1610. The second-order valence-electron chi connectivity index (χ2n) is 12.3. The van der Waals surface area contributed by atoms with E-state index in [2.05, 4.69) is 59.4 Å². The number of nitrogens with zero attached hydrogens (tertiary/aromatic N) is 3. The third-order valence-electron chi connectivity index (χ3n) is 8.99. The zero-order chi connectivity index (χ0) is 33.5. The third kappa shape index (κ3) is 8.38. The summed E-state index contributed by atoms with van der Waals surface area (Å²) in [6.45, 7) is 0.797. The van der Waals surface area contributed by atoms with E-state index in [1.54, 1.807) is 12.1 Å². The molecule has 0 atom stereocenters. The van der Waals surface area contributed by atoms with Crippen molar-refractivity contribution < 1.29 is 39.2 Å². The van der Waals surface area contributed by atoms with Gasteiger partial charge in [-0.25, -0.2) is 9.18 Å². The average molecular weight is 637 g/mol. The lowest BCUT2D eigenvalue weighted by atomic mass is 9.71. The highest BCUT2D eigenvalue weighted by molar-refractivity contribution is 5.88. The van der Waals surface area contributed by atoms with Crippen LogP contribution in [0.4, 0.5) is 4.39 Å². The average Bonchev–Trinajstić information content (AvgIpc) is 3.64. The van der Waals surface area contributed by atoms with Gasteiger partial charge in [0.25, 0.3) is 0 Å². The van der Waals surface area contributed by atoms with Gasteiger partial charge in [0.1, 0.15) is 5.82 Å². The van der Waals surface area contributed by atoms with Crippen LogP contribution in [0.5, 0.6) is 0 Å². The van der Waals surface area contributed by atoms with Gasteiger partial charge in [-0.3, -0.25) is 14.3 Å². The van der Waals surface area contributed by atoms with Crippen molar-refractivity contribution >= 4 is 28.8 Å². The van der Waals surface area contributed by atoms with Gasteiger partial charge in [-0.1, -0.05) is 30.3 Å². The number of aromatic amines is 1. The summed E-state index contributed by atoms with van der Waals surface area (Å²) in [5, 5.41) is 39.2. The summed E-state index contributed by atoms with van der Waals surface area (Å²) >= 11 is 0. The van der Waals surface area contributed by atoms with Crippen molar-refractivity contribution in [1.82, 2.24) is 19.7 Å². The largest absolute Gasteiger partial charge is 0.481 e. The van der Waals surface area contributed by atoms with Crippen molar-refractivity contribution in [2.24, 2.45) is 0 Å². The quantitative estimate of drug-likeness (QED) is 0.148. The number of carbonyl (C=O) groups is 3. The Hall–Kier alpha value is -4.55. The number of likely N-dealkylation sites (N-methyl/N-ethyl adjacent to an activating group) is 1. The number of H-pyrrole nitrogens is 1. The fraction of sp³-hybridized carbons (Fsp3) is 0.412. The molecule has 0 radical (unpaired) electrons. The lowest BCUT2D eigenvalue weighted by molar-refractivity contribution is -0.170. The topological polar surface area (TPSA) is 169 Å². The molecule has 1 saturated carbocycles. The molecule has 0 unspecified atom stereocenters. The van der Waals surface area contributed by atoms with E-state index in [1.165, 1.54) is 16.8 Å². The summed E-state index contributed by atoms with van der Waals surface area (Å²) in [5.41, 5.74) is 2.45. The number of aryl methyl sites for hydroxylation is 2. The Labute approximate surface area is 266 Å². The number of aliphatic carboxylic acids is 3. The molecular weight excluding hydrogens is 595 g/mol. The molecule has 0 aliphatic heterocycles. The fourth-order valence-corrected chi connectivity index (χ4v) is 6.43. The summed E-state index contributed by atoms with van der Waals surface area (Å²) < 4.78 is 16.1. The van der Waals surface area contributed by atoms with E-state index < -0.39 is 36.4 Å². The molecule has 4 aromatic rings. The maximum absolute atomic E-state index is 14.1. The lowest BCUT2D eigenvalue weighted by Crippen LogP contribution is -2.48. The zero-order valence-electron chi connectivity index (χ0n) is 26.0. The molecule has 0 amide bonds. The maximum Gasteiger partial charge on any atom is 0.336 e. The van der Waals surface area contributed by atoms with E-state index in [0.717, 1.165) is 56.0 Å². The number of hydrogen-bond acceptors (Lipinski definition) is 6.